The maximum atomic E-state index is 12.9. The minimum Gasteiger partial charge on any atom is -0.478 e. The first-order chi connectivity index (χ1) is 18.3. The molecule has 0 saturated heterocycles. The van der Waals surface area contributed by atoms with Crippen molar-refractivity contribution < 1.29 is 19.4 Å². The lowest BCUT2D eigenvalue weighted by molar-refractivity contribution is -0.125. The topological polar surface area (TPSA) is 93.5 Å². The highest BCUT2D eigenvalue weighted by atomic mass is 32.1. The molecule has 0 aliphatic rings. The molecule has 1 amide bonds. The van der Waals surface area contributed by atoms with Crippen LogP contribution >= 0.6 is 12.6 Å². The number of aryl methyl sites for hydroxylation is 1. The van der Waals surface area contributed by atoms with Crippen molar-refractivity contribution in [2.24, 2.45) is 11.8 Å². The van der Waals surface area contributed by atoms with Crippen LogP contribution in [0.25, 0.3) is 11.1 Å². The van der Waals surface area contributed by atoms with Crippen LogP contribution in [0, 0.1) is 11.8 Å². The highest BCUT2D eigenvalue weighted by Gasteiger charge is 2.22. The first kappa shape index (κ1) is 29.3. The number of rotatable bonds is 14. The number of aromatic nitrogens is 2. The highest BCUT2D eigenvalue weighted by molar-refractivity contribution is 7.80. The Labute approximate surface area is 231 Å². The fourth-order valence-electron chi connectivity index (χ4n) is 4.50. The Morgan fingerprint density at radius 1 is 1.11 bits per heavy atom. The summed E-state index contributed by atoms with van der Waals surface area (Å²) in [6, 6.07) is 15.4. The number of carbonyl (C=O) groups excluding carboxylic acids is 1. The molecule has 8 heteroatoms. The summed E-state index contributed by atoms with van der Waals surface area (Å²) in [5.74, 6) is -0.174. The van der Waals surface area contributed by atoms with E-state index in [1.165, 1.54) is 0 Å². The summed E-state index contributed by atoms with van der Waals surface area (Å²) < 4.78 is 8.04. The van der Waals surface area contributed by atoms with Crippen LogP contribution < -0.4 is 10.1 Å². The fourth-order valence-corrected chi connectivity index (χ4v) is 4.82. The van der Waals surface area contributed by atoms with Crippen molar-refractivity contribution in [3.8, 4) is 17.1 Å². The molecule has 3 aromatic rings. The molecule has 0 fully saturated rings. The van der Waals surface area contributed by atoms with E-state index in [1.54, 1.807) is 12.1 Å². The van der Waals surface area contributed by atoms with Gasteiger partial charge in [0.1, 0.15) is 0 Å². The van der Waals surface area contributed by atoms with Gasteiger partial charge in [-0.15, -0.1) is 0 Å². The van der Waals surface area contributed by atoms with Gasteiger partial charge in [-0.2, -0.15) is 17.6 Å². The molecule has 0 radical (unpaired) electrons. The van der Waals surface area contributed by atoms with E-state index in [4.69, 9.17) is 9.72 Å². The van der Waals surface area contributed by atoms with E-state index in [2.05, 4.69) is 38.7 Å². The van der Waals surface area contributed by atoms with Gasteiger partial charge in [0.25, 0.3) is 6.01 Å². The van der Waals surface area contributed by atoms with Gasteiger partial charge in [0.15, 0.2) is 0 Å². The second-order valence-electron chi connectivity index (χ2n) is 9.85. The van der Waals surface area contributed by atoms with Crippen LogP contribution in [0.3, 0.4) is 0 Å². The quantitative estimate of drug-likeness (QED) is 0.224. The fraction of sp³-hybridized carbons (Fsp3) is 0.433. The first-order valence-electron chi connectivity index (χ1n) is 13.3. The van der Waals surface area contributed by atoms with Crippen LogP contribution in [0.1, 0.15) is 67.8 Å². The van der Waals surface area contributed by atoms with E-state index in [0.717, 1.165) is 35.4 Å². The molecule has 0 aliphatic heterocycles. The SMILES string of the molecule is CCCOc1nc(CC)c(CNC(=O)C(CS)CC(C)C)n1Cc1ccc(-c2ccccc2C(=O)O)cc1. The van der Waals surface area contributed by atoms with Crippen molar-refractivity contribution in [3.05, 3.63) is 71.0 Å². The van der Waals surface area contributed by atoms with E-state index in [9.17, 15) is 14.7 Å². The molecule has 1 heterocycles. The lowest BCUT2D eigenvalue weighted by atomic mass is 9.98. The summed E-state index contributed by atoms with van der Waals surface area (Å²) in [6.45, 7) is 9.73. The number of aromatic carboxylic acids is 1. The third kappa shape index (κ3) is 7.40. The van der Waals surface area contributed by atoms with Crippen molar-refractivity contribution in [2.45, 2.75) is 60.0 Å². The largest absolute Gasteiger partial charge is 0.478 e. The first-order valence-corrected chi connectivity index (χ1v) is 13.9. The van der Waals surface area contributed by atoms with Crippen LogP contribution in [0.15, 0.2) is 48.5 Å². The predicted octanol–water partition coefficient (Wildman–Crippen LogP) is 5.86. The van der Waals surface area contributed by atoms with Gasteiger partial charge >= 0.3 is 5.97 Å². The molecule has 7 nitrogen and oxygen atoms in total. The van der Waals surface area contributed by atoms with E-state index in [0.29, 0.717) is 49.4 Å². The molecule has 1 aromatic heterocycles. The normalized spacial score (nSPS) is 11.9. The van der Waals surface area contributed by atoms with E-state index >= 15 is 0 Å². The maximum absolute atomic E-state index is 12.9. The van der Waals surface area contributed by atoms with Crippen molar-refractivity contribution >= 4 is 24.5 Å². The van der Waals surface area contributed by atoms with Gasteiger partial charge in [-0.3, -0.25) is 9.36 Å². The van der Waals surface area contributed by atoms with Crippen LogP contribution in [-0.2, 0) is 24.3 Å². The number of carboxylic acids is 1. The summed E-state index contributed by atoms with van der Waals surface area (Å²) in [5, 5.41) is 12.7. The standard InChI is InChI=1S/C30H39N3O4S/c1-5-15-37-30-32-26(6-2)27(17-31-28(34)23(19-38)16-20(3)4)33(30)18-21-11-13-22(14-12-21)24-9-7-8-10-25(24)29(35)36/h7-14,20,23,38H,5-6,15-19H2,1-4H3,(H,31,34)(H,35,36). The molecular weight excluding hydrogens is 498 g/mol. The smallest absolute Gasteiger partial charge is 0.336 e. The van der Waals surface area contributed by atoms with Crippen LogP contribution in [0.4, 0.5) is 0 Å². The van der Waals surface area contributed by atoms with Gasteiger partial charge in [0.2, 0.25) is 5.91 Å². The number of ether oxygens (including phenoxy) is 1. The third-order valence-electron chi connectivity index (χ3n) is 6.43. The maximum Gasteiger partial charge on any atom is 0.336 e. The molecule has 2 aromatic carbocycles. The zero-order valence-electron chi connectivity index (χ0n) is 22.7. The molecule has 204 valence electrons. The van der Waals surface area contributed by atoms with Gasteiger partial charge in [-0.25, -0.2) is 4.79 Å². The summed E-state index contributed by atoms with van der Waals surface area (Å²) >= 11 is 4.40. The second kappa shape index (κ2) is 14.0. The van der Waals surface area contributed by atoms with Gasteiger partial charge in [-0.1, -0.05) is 70.2 Å². The van der Waals surface area contributed by atoms with Crippen LogP contribution in [-0.4, -0.2) is 38.9 Å². The number of carboxylic acid groups (broad SMARTS) is 1. The average Bonchev–Trinajstić information content (AvgIpc) is 3.25. The Morgan fingerprint density at radius 3 is 2.42 bits per heavy atom. The Kier molecular flexibility index (Phi) is 10.8. The monoisotopic (exact) mass is 537 g/mol. The number of amides is 1. The van der Waals surface area contributed by atoms with E-state index in [-0.39, 0.29) is 17.4 Å². The number of hydrogen-bond donors (Lipinski definition) is 3. The average molecular weight is 538 g/mol. The molecular formula is C30H39N3O4S. The number of nitrogens with one attached hydrogen (secondary N) is 1. The molecule has 3 rings (SSSR count). The molecule has 38 heavy (non-hydrogen) atoms. The van der Waals surface area contributed by atoms with Crippen LogP contribution in [0.2, 0.25) is 0 Å². The molecule has 0 aliphatic carbocycles. The van der Waals surface area contributed by atoms with Gasteiger partial charge < -0.3 is 15.2 Å². The third-order valence-corrected chi connectivity index (χ3v) is 6.87. The van der Waals surface area contributed by atoms with Gasteiger partial charge in [0.05, 0.1) is 36.6 Å². The number of carbonyl (C=O) groups is 2. The lowest BCUT2D eigenvalue weighted by Crippen LogP contribution is -2.33. The number of nitrogens with zero attached hydrogens (tertiary/aromatic N) is 2. The van der Waals surface area contributed by atoms with Crippen molar-refractivity contribution in [2.75, 3.05) is 12.4 Å². The molecule has 1 unspecified atom stereocenters. The van der Waals surface area contributed by atoms with Gasteiger partial charge in [-0.05, 0) is 47.9 Å². The Bertz CT molecular complexity index is 1220. The van der Waals surface area contributed by atoms with E-state index < -0.39 is 5.97 Å². The minimum absolute atomic E-state index is 0.000906. The summed E-state index contributed by atoms with van der Waals surface area (Å²) in [4.78, 5) is 29.3. The predicted molar refractivity (Wildman–Crippen MR) is 154 cm³/mol. The number of benzene rings is 2. The lowest BCUT2D eigenvalue weighted by Gasteiger charge is -2.18. The van der Waals surface area contributed by atoms with Crippen molar-refractivity contribution in [1.29, 1.82) is 0 Å². The number of hydrogen-bond acceptors (Lipinski definition) is 5. The highest BCUT2D eigenvalue weighted by Crippen LogP contribution is 2.26. The number of imidazole rings is 1. The zero-order chi connectivity index (χ0) is 27.7. The second-order valence-corrected chi connectivity index (χ2v) is 10.2. The Hall–Kier alpha value is -3.26. The Morgan fingerprint density at radius 2 is 1.82 bits per heavy atom. The van der Waals surface area contributed by atoms with E-state index in [1.807, 2.05) is 47.9 Å². The molecule has 2 N–H and O–H groups in total. The van der Waals surface area contributed by atoms with Gasteiger partial charge in [0, 0.05) is 11.7 Å². The summed E-state index contributed by atoms with van der Waals surface area (Å²) in [7, 11) is 0. The van der Waals surface area contributed by atoms with Crippen molar-refractivity contribution in [1.82, 2.24) is 14.9 Å². The molecule has 0 bridgehead atoms. The van der Waals surface area contributed by atoms with Crippen LogP contribution in [0.5, 0.6) is 6.01 Å². The molecule has 0 spiro atoms. The Balaban J connectivity index is 1.88. The number of thiol groups is 1. The zero-order valence-corrected chi connectivity index (χ0v) is 23.6. The molecule has 0 saturated carbocycles. The minimum atomic E-state index is -0.951. The summed E-state index contributed by atoms with van der Waals surface area (Å²) in [5.41, 5.74) is 4.63. The van der Waals surface area contributed by atoms with Crippen molar-refractivity contribution in [3.63, 3.8) is 0 Å². The summed E-state index contributed by atoms with van der Waals surface area (Å²) in [6.07, 6.45) is 2.36. The molecule has 1 atom stereocenters.